The second-order valence-electron chi connectivity index (χ2n) is 7.75. The molecular weight excluding hydrogens is 310 g/mol. The average Bonchev–Trinajstić information content (AvgIpc) is 2.67. The molecule has 3 aliphatic rings. The predicted octanol–water partition coefficient (Wildman–Crippen LogP) is 4.83. The molecule has 0 saturated heterocycles. The zero-order valence-corrected chi connectivity index (χ0v) is 15.3. The number of nitrogens with two attached hydrogens (primary N) is 1. The van der Waals surface area contributed by atoms with Gasteiger partial charge in [0.25, 0.3) is 0 Å². The van der Waals surface area contributed by atoms with Crippen LogP contribution in [-0.2, 0) is 11.2 Å². The summed E-state index contributed by atoms with van der Waals surface area (Å²) in [6.07, 6.45) is 14.3. The van der Waals surface area contributed by atoms with Crippen molar-refractivity contribution in [2.45, 2.75) is 44.4 Å². The molecular formula is C22H29NO2. The number of benzene rings is 1. The Kier molecular flexibility index (Phi) is 4.49. The van der Waals surface area contributed by atoms with Gasteiger partial charge in [-0.05, 0) is 78.7 Å². The second-order valence-corrected chi connectivity index (χ2v) is 7.75. The van der Waals surface area contributed by atoms with Gasteiger partial charge in [-0.3, -0.25) is 0 Å². The zero-order chi connectivity index (χ0) is 17.4. The van der Waals surface area contributed by atoms with Crippen molar-refractivity contribution in [3.63, 3.8) is 0 Å². The van der Waals surface area contributed by atoms with Gasteiger partial charge in [0.1, 0.15) is 11.5 Å². The third-order valence-electron chi connectivity index (χ3n) is 6.64. The third-order valence-corrected chi connectivity index (χ3v) is 6.64. The molecule has 1 saturated carbocycles. The average molecular weight is 339 g/mol. The first kappa shape index (κ1) is 16.6. The van der Waals surface area contributed by atoms with E-state index < -0.39 is 0 Å². The number of methoxy groups -OCH3 is 2. The number of rotatable bonds is 3. The van der Waals surface area contributed by atoms with Crippen molar-refractivity contribution in [3.8, 4) is 5.75 Å². The number of hydrogen-bond donors (Lipinski definition) is 1. The van der Waals surface area contributed by atoms with Crippen molar-refractivity contribution in [3.05, 3.63) is 47.2 Å². The van der Waals surface area contributed by atoms with Gasteiger partial charge in [-0.1, -0.05) is 25.0 Å². The Morgan fingerprint density at radius 3 is 2.60 bits per heavy atom. The van der Waals surface area contributed by atoms with E-state index in [9.17, 15) is 0 Å². The molecule has 1 unspecified atom stereocenters. The lowest BCUT2D eigenvalue weighted by Crippen LogP contribution is -2.36. The lowest BCUT2D eigenvalue weighted by Gasteiger charge is -2.46. The molecule has 0 spiro atoms. The first-order chi connectivity index (χ1) is 12.2. The monoisotopic (exact) mass is 339 g/mol. The van der Waals surface area contributed by atoms with Crippen LogP contribution in [0.3, 0.4) is 0 Å². The zero-order valence-electron chi connectivity index (χ0n) is 15.3. The molecule has 2 N–H and O–H groups in total. The molecule has 0 heterocycles. The third kappa shape index (κ3) is 2.84. The van der Waals surface area contributed by atoms with E-state index in [1.165, 1.54) is 36.8 Å². The maximum atomic E-state index is 6.52. The van der Waals surface area contributed by atoms with Gasteiger partial charge >= 0.3 is 0 Å². The molecule has 1 fully saturated rings. The summed E-state index contributed by atoms with van der Waals surface area (Å²) in [5, 5.41) is 0. The van der Waals surface area contributed by atoms with E-state index in [1.807, 2.05) is 6.07 Å². The molecule has 3 aliphatic carbocycles. The molecule has 4 rings (SSSR count). The van der Waals surface area contributed by atoms with Crippen molar-refractivity contribution in [1.29, 1.82) is 0 Å². The lowest BCUT2D eigenvalue weighted by molar-refractivity contribution is 0.155. The highest BCUT2D eigenvalue weighted by Gasteiger charge is 2.42. The topological polar surface area (TPSA) is 44.5 Å². The fourth-order valence-electron chi connectivity index (χ4n) is 5.45. The van der Waals surface area contributed by atoms with Crippen LogP contribution in [0.25, 0.3) is 0 Å². The number of ether oxygens (including phenoxy) is 2. The van der Waals surface area contributed by atoms with Crippen LogP contribution < -0.4 is 10.5 Å². The Labute approximate surface area is 150 Å². The van der Waals surface area contributed by atoms with Crippen molar-refractivity contribution >= 4 is 5.69 Å². The van der Waals surface area contributed by atoms with Gasteiger partial charge < -0.3 is 15.2 Å². The van der Waals surface area contributed by atoms with E-state index in [0.717, 1.165) is 36.0 Å². The van der Waals surface area contributed by atoms with Crippen LogP contribution >= 0.6 is 0 Å². The van der Waals surface area contributed by atoms with E-state index in [1.54, 1.807) is 14.2 Å². The van der Waals surface area contributed by atoms with Crippen LogP contribution in [0.2, 0.25) is 0 Å². The molecule has 0 aromatic heterocycles. The van der Waals surface area contributed by atoms with E-state index >= 15 is 0 Å². The largest absolute Gasteiger partial charge is 0.497 e. The molecule has 0 aliphatic heterocycles. The number of fused-ring (bicyclic) bond motifs is 3. The molecule has 3 nitrogen and oxygen atoms in total. The molecule has 0 amide bonds. The Balaban J connectivity index is 1.69. The summed E-state index contributed by atoms with van der Waals surface area (Å²) in [6.45, 7) is 0. The number of hydrogen-bond acceptors (Lipinski definition) is 3. The molecule has 134 valence electrons. The van der Waals surface area contributed by atoms with E-state index in [0.29, 0.717) is 17.8 Å². The van der Waals surface area contributed by atoms with Gasteiger partial charge in [-0.15, -0.1) is 0 Å². The second kappa shape index (κ2) is 6.78. The van der Waals surface area contributed by atoms with Gasteiger partial charge in [0.15, 0.2) is 0 Å². The summed E-state index contributed by atoms with van der Waals surface area (Å²) in [6, 6.07) is 4.30. The lowest BCUT2D eigenvalue weighted by atomic mass is 9.59. The SMILES string of the molecule is COC1=CCC([C@@H]2Cc3ccc(OC)c(N)c3[C@@H]3CCCC[C@@H]32)C=C1. The Hall–Kier alpha value is -1.90. The van der Waals surface area contributed by atoms with E-state index in [-0.39, 0.29) is 0 Å². The number of allylic oxidation sites excluding steroid dienone is 3. The van der Waals surface area contributed by atoms with E-state index in [2.05, 4.69) is 24.3 Å². The number of nitrogen functional groups attached to an aromatic ring is 1. The maximum absolute atomic E-state index is 6.52. The fourth-order valence-corrected chi connectivity index (χ4v) is 5.45. The summed E-state index contributed by atoms with van der Waals surface area (Å²) in [4.78, 5) is 0. The summed E-state index contributed by atoms with van der Waals surface area (Å²) >= 11 is 0. The minimum Gasteiger partial charge on any atom is -0.497 e. The van der Waals surface area contributed by atoms with Crippen molar-refractivity contribution in [1.82, 2.24) is 0 Å². The van der Waals surface area contributed by atoms with Gasteiger partial charge in [-0.2, -0.15) is 0 Å². The quantitative estimate of drug-likeness (QED) is 0.802. The molecule has 0 radical (unpaired) electrons. The van der Waals surface area contributed by atoms with Crippen LogP contribution in [0, 0.1) is 17.8 Å². The standard InChI is InChI=1S/C22H29NO2/c1-24-16-10-7-14(8-11-16)19-13-15-9-12-20(25-2)22(23)21(15)18-6-4-3-5-17(18)19/h7,9-12,14,17-19H,3-6,8,13,23H2,1-2H3/t14?,17-,18+,19-/m0/s1. The van der Waals surface area contributed by atoms with Gasteiger partial charge in [0, 0.05) is 0 Å². The molecule has 0 bridgehead atoms. The highest BCUT2D eigenvalue weighted by molar-refractivity contribution is 5.63. The highest BCUT2D eigenvalue weighted by atomic mass is 16.5. The molecule has 4 atom stereocenters. The van der Waals surface area contributed by atoms with Crippen LogP contribution in [0.1, 0.15) is 49.1 Å². The predicted molar refractivity (Wildman–Crippen MR) is 102 cm³/mol. The van der Waals surface area contributed by atoms with Gasteiger partial charge in [0.2, 0.25) is 0 Å². The summed E-state index contributed by atoms with van der Waals surface area (Å²) in [7, 11) is 3.47. The highest BCUT2D eigenvalue weighted by Crippen LogP contribution is 2.53. The Bertz CT molecular complexity index is 706. The number of anilines is 1. The van der Waals surface area contributed by atoms with Crippen LogP contribution in [0.4, 0.5) is 5.69 Å². The van der Waals surface area contributed by atoms with Gasteiger partial charge in [0.05, 0.1) is 19.9 Å². The normalized spacial score (nSPS) is 30.9. The van der Waals surface area contributed by atoms with Crippen molar-refractivity contribution in [2.75, 3.05) is 20.0 Å². The maximum Gasteiger partial charge on any atom is 0.142 e. The minimum absolute atomic E-state index is 0.596. The first-order valence-corrected chi connectivity index (χ1v) is 9.60. The molecule has 3 heteroatoms. The molecule has 25 heavy (non-hydrogen) atoms. The van der Waals surface area contributed by atoms with Gasteiger partial charge in [-0.25, -0.2) is 0 Å². The van der Waals surface area contributed by atoms with E-state index in [4.69, 9.17) is 15.2 Å². The smallest absolute Gasteiger partial charge is 0.142 e. The molecule has 1 aromatic carbocycles. The first-order valence-electron chi connectivity index (χ1n) is 9.60. The Morgan fingerprint density at radius 2 is 1.88 bits per heavy atom. The van der Waals surface area contributed by atoms with Crippen LogP contribution in [0.15, 0.2) is 36.1 Å². The summed E-state index contributed by atoms with van der Waals surface area (Å²) < 4.78 is 10.9. The van der Waals surface area contributed by atoms with Crippen LogP contribution in [-0.4, -0.2) is 14.2 Å². The van der Waals surface area contributed by atoms with Crippen molar-refractivity contribution < 1.29 is 9.47 Å². The molecule has 1 aromatic rings. The summed E-state index contributed by atoms with van der Waals surface area (Å²) in [5.41, 5.74) is 10.2. The fraction of sp³-hybridized carbons (Fsp3) is 0.545. The van der Waals surface area contributed by atoms with Crippen molar-refractivity contribution in [2.24, 2.45) is 17.8 Å². The van der Waals surface area contributed by atoms with Crippen LogP contribution in [0.5, 0.6) is 5.75 Å². The minimum atomic E-state index is 0.596. The summed E-state index contributed by atoms with van der Waals surface area (Å²) in [5.74, 6) is 4.49. The Morgan fingerprint density at radius 1 is 1.04 bits per heavy atom.